The van der Waals surface area contributed by atoms with Crippen LogP contribution in [-0.4, -0.2) is 102 Å². The fraction of sp³-hybridized carbons (Fsp3) is 0.720. The lowest BCUT2D eigenvalue weighted by Crippen LogP contribution is -2.46. The highest BCUT2D eigenvalue weighted by atomic mass is 127. The molecule has 3 rings (SSSR count). The molecule has 1 aromatic carbocycles. The minimum absolute atomic E-state index is 0. The number of aryl methyl sites for hydroxylation is 1. The standard InChI is InChI=1S/C25H43N5O2.HI/c1-22-7-6-8-24(19-22)29-15-13-28(14-16-29)11-5-4-10-27-25(26-2)30-12-9-23(20-30)21-32-18-17-31-3;/h6-8,19,23H,4-5,9-18,20-21H2,1-3H3,(H,26,27);1H. The number of aliphatic imine (C=N–C) groups is 1. The van der Waals surface area contributed by atoms with Gasteiger partial charge in [-0.25, -0.2) is 0 Å². The first-order chi connectivity index (χ1) is 15.7. The van der Waals surface area contributed by atoms with Gasteiger partial charge in [0.05, 0.1) is 19.8 Å². The largest absolute Gasteiger partial charge is 0.382 e. The van der Waals surface area contributed by atoms with E-state index in [9.17, 15) is 0 Å². The van der Waals surface area contributed by atoms with Crippen molar-refractivity contribution in [3.05, 3.63) is 29.8 Å². The number of hydrogen-bond acceptors (Lipinski definition) is 5. The van der Waals surface area contributed by atoms with Gasteiger partial charge < -0.3 is 24.6 Å². The monoisotopic (exact) mass is 573 g/mol. The quantitative estimate of drug-likeness (QED) is 0.190. The van der Waals surface area contributed by atoms with Crippen LogP contribution in [0.4, 0.5) is 5.69 Å². The second kappa shape index (κ2) is 15.7. The molecule has 0 saturated carbocycles. The van der Waals surface area contributed by atoms with Crippen molar-refractivity contribution in [1.82, 2.24) is 15.1 Å². The van der Waals surface area contributed by atoms with E-state index in [2.05, 4.69) is 56.2 Å². The smallest absolute Gasteiger partial charge is 0.193 e. The van der Waals surface area contributed by atoms with Crippen LogP contribution in [0.3, 0.4) is 0 Å². The molecule has 0 bridgehead atoms. The Hall–Kier alpha value is -1.10. The maximum atomic E-state index is 5.71. The molecule has 1 unspecified atom stereocenters. The number of halogens is 1. The number of likely N-dealkylation sites (tertiary alicyclic amines) is 1. The van der Waals surface area contributed by atoms with Crippen LogP contribution in [0, 0.1) is 12.8 Å². The van der Waals surface area contributed by atoms with Gasteiger partial charge in [0.1, 0.15) is 0 Å². The van der Waals surface area contributed by atoms with Crippen molar-refractivity contribution in [3.63, 3.8) is 0 Å². The number of benzene rings is 1. The van der Waals surface area contributed by atoms with E-state index in [4.69, 9.17) is 9.47 Å². The summed E-state index contributed by atoms with van der Waals surface area (Å²) in [6.45, 7) is 13.2. The highest BCUT2D eigenvalue weighted by Gasteiger charge is 2.24. The van der Waals surface area contributed by atoms with E-state index in [0.29, 0.717) is 19.1 Å². The molecule has 188 valence electrons. The molecule has 2 aliphatic heterocycles. The van der Waals surface area contributed by atoms with Gasteiger partial charge in [0, 0.05) is 71.6 Å². The summed E-state index contributed by atoms with van der Waals surface area (Å²) in [5, 5.41) is 3.57. The molecule has 0 radical (unpaired) electrons. The molecule has 0 spiro atoms. The molecule has 0 amide bonds. The van der Waals surface area contributed by atoms with Gasteiger partial charge in [-0.3, -0.25) is 9.89 Å². The minimum Gasteiger partial charge on any atom is -0.382 e. The van der Waals surface area contributed by atoms with E-state index < -0.39 is 0 Å². The molecule has 2 fully saturated rings. The van der Waals surface area contributed by atoms with Crippen LogP contribution in [0.5, 0.6) is 0 Å². The van der Waals surface area contributed by atoms with E-state index in [-0.39, 0.29) is 24.0 Å². The minimum atomic E-state index is 0. The predicted octanol–water partition coefficient (Wildman–Crippen LogP) is 3.08. The Balaban J connectivity index is 0.00000385. The van der Waals surface area contributed by atoms with E-state index >= 15 is 0 Å². The zero-order chi connectivity index (χ0) is 22.6. The average molecular weight is 574 g/mol. The fourth-order valence-corrected chi connectivity index (χ4v) is 4.60. The normalized spacial score (nSPS) is 19.6. The maximum absolute atomic E-state index is 5.71. The fourth-order valence-electron chi connectivity index (χ4n) is 4.60. The first kappa shape index (κ1) is 28.1. The summed E-state index contributed by atoms with van der Waals surface area (Å²) in [5.41, 5.74) is 2.71. The van der Waals surface area contributed by atoms with Crippen molar-refractivity contribution in [3.8, 4) is 0 Å². The van der Waals surface area contributed by atoms with Crippen LogP contribution in [0.2, 0.25) is 0 Å². The Morgan fingerprint density at radius 1 is 1.12 bits per heavy atom. The van der Waals surface area contributed by atoms with Gasteiger partial charge in [-0.1, -0.05) is 12.1 Å². The van der Waals surface area contributed by atoms with Crippen LogP contribution in [-0.2, 0) is 9.47 Å². The van der Waals surface area contributed by atoms with Crippen molar-refractivity contribution in [2.75, 3.05) is 91.2 Å². The third-order valence-corrected chi connectivity index (χ3v) is 6.51. The number of rotatable bonds is 11. The molecular formula is C25H44IN5O2. The van der Waals surface area contributed by atoms with E-state index in [1.54, 1.807) is 7.11 Å². The van der Waals surface area contributed by atoms with Gasteiger partial charge in [0.2, 0.25) is 0 Å². The highest BCUT2D eigenvalue weighted by Crippen LogP contribution is 2.18. The summed E-state index contributed by atoms with van der Waals surface area (Å²) < 4.78 is 10.8. The number of hydrogen-bond donors (Lipinski definition) is 1. The summed E-state index contributed by atoms with van der Waals surface area (Å²) in [6.07, 6.45) is 3.57. The van der Waals surface area contributed by atoms with E-state index in [1.807, 2.05) is 7.05 Å². The van der Waals surface area contributed by atoms with Gasteiger partial charge in [0.25, 0.3) is 0 Å². The first-order valence-electron chi connectivity index (χ1n) is 12.3. The summed E-state index contributed by atoms with van der Waals surface area (Å²) in [5.74, 6) is 1.63. The Labute approximate surface area is 217 Å². The van der Waals surface area contributed by atoms with Crippen LogP contribution < -0.4 is 10.2 Å². The van der Waals surface area contributed by atoms with Crippen molar-refractivity contribution in [2.45, 2.75) is 26.2 Å². The second-order valence-electron chi connectivity index (χ2n) is 9.02. The third-order valence-electron chi connectivity index (χ3n) is 6.51. The maximum Gasteiger partial charge on any atom is 0.193 e. The lowest BCUT2D eigenvalue weighted by atomic mass is 10.1. The van der Waals surface area contributed by atoms with Crippen molar-refractivity contribution >= 4 is 35.6 Å². The van der Waals surface area contributed by atoms with E-state index in [0.717, 1.165) is 58.4 Å². The van der Waals surface area contributed by atoms with Crippen molar-refractivity contribution in [2.24, 2.45) is 10.9 Å². The van der Waals surface area contributed by atoms with Gasteiger partial charge in [-0.2, -0.15) is 0 Å². The molecular weight excluding hydrogens is 529 g/mol. The van der Waals surface area contributed by atoms with Crippen LogP contribution in [0.15, 0.2) is 29.3 Å². The van der Waals surface area contributed by atoms with Crippen molar-refractivity contribution < 1.29 is 9.47 Å². The van der Waals surface area contributed by atoms with Crippen molar-refractivity contribution in [1.29, 1.82) is 0 Å². The van der Waals surface area contributed by atoms with E-state index in [1.165, 1.54) is 37.1 Å². The Bertz CT molecular complexity index is 697. The topological polar surface area (TPSA) is 52.6 Å². The molecule has 1 N–H and O–H groups in total. The van der Waals surface area contributed by atoms with Gasteiger partial charge in [-0.15, -0.1) is 24.0 Å². The third kappa shape index (κ3) is 9.58. The summed E-state index contributed by atoms with van der Waals surface area (Å²) in [6, 6.07) is 8.86. The SMILES string of the molecule is CN=C(NCCCCN1CCN(c2cccc(C)c2)CC1)N1CCC(COCCOC)C1.I. The van der Waals surface area contributed by atoms with Crippen LogP contribution in [0.25, 0.3) is 0 Å². The number of ether oxygens (including phenoxy) is 2. The highest BCUT2D eigenvalue weighted by molar-refractivity contribution is 14.0. The number of methoxy groups -OCH3 is 1. The van der Waals surface area contributed by atoms with Crippen LogP contribution >= 0.6 is 24.0 Å². The molecule has 1 atom stereocenters. The van der Waals surface area contributed by atoms with Gasteiger partial charge >= 0.3 is 0 Å². The summed E-state index contributed by atoms with van der Waals surface area (Å²) >= 11 is 0. The molecule has 1 aromatic rings. The zero-order valence-electron chi connectivity index (χ0n) is 20.8. The molecule has 0 aliphatic carbocycles. The molecule has 8 heteroatoms. The average Bonchev–Trinajstić information content (AvgIpc) is 3.28. The number of nitrogens with zero attached hydrogens (tertiary/aromatic N) is 4. The molecule has 2 heterocycles. The van der Waals surface area contributed by atoms with Gasteiger partial charge in [0.15, 0.2) is 5.96 Å². The molecule has 0 aromatic heterocycles. The number of guanidine groups is 1. The summed E-state index contributed by atoms with van der Waals surface area (Å²) in [4.78, 5) is 12.0. The number of anilines is 1. The first-order valence-corrected chi connectivity index (χ1v) is 12.3. The molecule has 2 saturated heterocycles. The van der Waals surface area contributed by atoms with Crippen LogP contribution in [0.1, 0.15) is 24.8 Å². The Kier molecular flexibility index (Phi) is 13.4. The molecule has 7 nitrogen and oxygen atoms in total. The lowest BCUT2D eigenvalue weighted by Gasteiger charge is -2.36. The lowest BCUT2D eigenvalue weighted by molar-refractivity contribution is 0.0536. The van der Waals surface area contributed by atoms with Gasteiger partial charge in [-0.05, 0) is 50.4 Å². The molecule has 2 aliphatic rings. The number of unbranched alkanes of at least 4 members (excludes halogenated alkanes) is 1. The Morgan fingerprint density at radius 2 is 1.94 bits per heavy atom. The number of nitrogens with one attached hydrogen (secondary N) is 1. The molecule has 33 heavy (non-hydrogen) atoms. The Morgan fingerprint density at radius 3 is 2.67 bits per heavy atom. The number of piperazine rings is 1. The zero-order valence-corrected chi connectivity index (χ0v) is 23.1. The second-order valence-corrected chi connectivity index (χ2v) is 9.02. The predicted molar refractivity (Wildman–Crippen MR) is 148 cm³/mol. The summed E-state index contributed by atoms with van der Waals surface area (Å²) in [7, 11) is 3.60.